The summed E-state index contributed by atoms with van der Waals surface area (Å²) >= 11 is 6.45. The van der Waals surface area contributed by atoms with E-state index in [1.54, 1.807) is 24.3 Å². The van der Waals surface area contributed by atoms with Crippen LogP contribution in [0.15, 0.2) is 61.2 Å². The highest BCUT2D eigenvalue weighted by molar-refractivity contribution is 7.90. The van der Waals surface area contributed by atoms with Gasteiger partial charge in [0.1, 0.15) is 5.75 Å². The van der Waals surface area contributed by atoms with Gasteiger partial charge in [0.25, 0.3) is 5.91 Å². The normalized spacial score (nSPS) is 26.1. The smallest absolute Gasteiger partial charge is 0.264 e. The number of sulfonamides is 1. The van der Waals surface area contributed by atoms with Gasteiger partial charge in [-0.15, -0.1) is 6.58 Å². The number of carbonyl (C=O) groups is 1. The van der Waals surface area contributed by atoms with E-state index in [0.29, 0.717) is 51.3 Å². The number of fused-ring (bicyclic) bond motifs is 3. The minimum atomic E-state index is -4.01. The Labute approximate surface area is 309 Å². The average molecular weight is 739 g/mol. The summed E-state index contributed by atoms with van der Waals surface area (Å²) in [6.07, 6.45) is 14.7. The molecule has 2 fully saturated rings. The third-order valence-corrected chi connectivity index (χ3v) is 14.0. The standard InChI is InChI=1S/C41H55ClN2O6S/c1-4-6-7-11-37(45)34-16-12-31(34)25-44-26-41(21-8-10-29-23-32(42)14-17-35(29)41)27-50-38-18-13-30(24-36(38)44)40(46)43-51(47,48)39(28(3)9-5-2)19-15-33-20-22-49-33/h5,7,11,13-14,17-18,23-24,28,31,33-34,37,39,45H,2,4,6,8-10,12,15-16,19-22,25-27H2,1,3H3,(H,43,46)/b11-7+/t28-,31-,33-,34+,37-,39+,41-/m0/s1. The van der Waals surface area contributed by atoms with Crippen molar-refractivity contribution in [2.24, 2.45) is 17.8 Å². The first-order valence-electron chi connectivity index (χ1n) is 19.0. The first-order chi connectivity index (χ1) is 24.5. The van der Waals surface area contributed by atoms with E-state index in [1.165, 1.54) is 11.1 Å². The quantitative estimate of drug-likeness (QED) is 0.180. The number of hydrogen-bond donors (Lipinski definition) is 2. The number of carbonyl (C=O) groups excluding carboxylic acids is 1. The summed E-state index contributed by atoms with van der Waals surface area (Å²) in [6.45, 7) is 10.4. The van der Waals surface area contributed by atoms with Crippen molar-refractivity contribution in [2.75, 3.05) is 31.2 Å². The van der Waals surface area contributed by atoms with Crippen LogP contribution in [0.4, 0.5) is 5.69 Å². The topological polar surface area (TPSA) is 105 Å². The molecule has 4 aliphatic rings. The van der Waals surface area contributed by atoms with Gasteiger partial charge in [0.05, 0.1) is 29.8 Å². The van der Waals surface area contributed by atoms with Crippen molar-refractivity contribution in [3.63, 3.8) is 0 Å². The minimum Gasteiger partial charge on any atom is -0.490 e. The van der Waals surface area contributed by atoms with Crippen molar-refractivity contribution in [3.8, 4) is 5.75 Å². The number of nitrogens with one attached hydrogen (secondary N) is 1. The maximum atomic E-state index is 13.8. The van der Waals surface area contributed by atoms with Gasteiger partial charge < -0.3 is 19.5 Å². The molecule has 0 bridgehead atoms. The first-order valence-corrected chi connectivity index (χ1v) is 20.9. The summed E-state index contributed by atoms with van der Waals surface area (Å²) in [6, 6.07) is 11.4. The van der Waals surface area contributed by atoms with Crippen LogP contribution in [0.2, 0.25) is 5.02 Å². The van der Waals surface area contributed by atoms with Crippen molar-refractivity contribution in [3.05, 3.63) is 82.9 Å². The van der Waals surface area contributed by atoms with E-state index in [-0.39, 0.29) is 34.8 Å². The number of aliphatic hydroxyl groups is 1. The van der Waals surface area contributed by atoms with Crippen LogP contribution < -0.4 is 14.4 Å². The number of halogens is 1. The number of allylic oxidation sites excluding steroid dienone is 2. The zero-order valence-electron chi connectivity index (χ0n) is 30.2. The fourth-order valence-corrected chi connectivity index (χ4v) is 10.5. The Morgan fingerprint density at radius 1 is 1.22 bits per heavy atom. The van der Waals surface area contributed by atoms with Crippen molar-refractivity contribution < 1.29 is 27.8 Å². The molecule has 1 saturated heterocycles. The molecule has 0 unspecified atom stereocenters. The van der Waals surface area contributed by atoms with Crippen molar-refractivity contribution in [1.29, 1.82) is 0 Å². The van der Waals surface area contributed by atoms with E-state index in [0.717, 1.165) is 62.1 Å². The maximum absolute atomic E-state index is 13.8. The molecule has 0 radical (unpaired) electrons. The van der Waals surface area contributed by atoms with Gasteiger partial charge in [-0.2, -0.15) is 0 Å². The molecule has 7 atom stereocenters. The molecule has 2 aromatic carbocycles. The van der Waals surface area contributed by atoms with E-state index in [2.05, 4.69) is 41.3 Å². The van der Waals surface area contributed by atoms with Crippen LogP contribution in [0.1, 0.15) is 99.5 Å². The first kappa shape index (κ1) is 37.9. The van der Waals surface area contributed by atoms with Gasteiger partial charge in [0.2, 0.25) is 10.0 Å². The second-order valence-electron chi connectivity index (χ2n) is 15.4. The third-order valence-electron chi connectivity index (χ3n) is 11.8. The van der Waals surface area contributed by atoms with Crippen LogP contribution in [-0.2, 0) is 26.6 Å². The Bertz CT molecular complexity index is 1690. The highest BCUT2D eigenvalue weighted by Gasteiger charge is 2.44. The van der Waals surface area contributed by atoms with Crippen LogP contribution in [0.3, 0.4) is 0 Å². The van der Waals surface area contributed by atoms with Gasteiger partial charge in [0.15, 0.2) is 0 Å². The number of hydrogen-bond acceptors (Lipinski definition) is 7. The molecular formula is C41H55ClN2O6S. The number of aliphatic hydroxyl groups excluding tert-OH is 1. The lowest BCUT2D eigenvalue weighted by atomic mass is 9.68. The summed E-state index contributed by atoms with van der Waals surface area (Å²) in [7, 11) is -4.01. The second kappa shape index (κ2) is 16.4. The average Bonchev–Trinajstić information content (AvgIpc) is 3.20. The molecule has 1 amide bonds. The van der Waals surface area contributed by atoms with E-state index in [4.69, 9.17) is 21.1 Å². The van der Waals surface area contributed by atoms with Crippen LogP contribution in [0, 0.1) is 17.8 Å². The maximum Gasteiger partial charge on any atom is 0.264 e. The molecule has 6 rings (SSSR count). The molecule has 2 heterocycles. The molecule has 10 heteroatoms. The van der Waals surface area contributed by atoms with Gasteiger partial charge in [-0.05, 0) is 123 Å². The molecule has 1 spiro atoms. The number of benzene rings is 2. The van der Waals surface area contributed by atoms with E-state index in [1.807, 2.05) is 19.1 Å². The van der Waals surface area contributed by atoms with E-state index < -0.39 is 27.3 Å². The molecule has 51 heavy (non-hydrogen) atoms. The Hall–Kier alpha value is -2.85. The number of anilines is 1. The number of aryl methyl sites for hydroxylation is 1. The monoisotopic (exact) mass is 738 g/mol. The molecule has 1 saturated carbocycles. The second-order valence-corrected chi connectivity index (χ2v) is 17.7. The molecule has 2 aromatic rings. The molecule has 8 nitrogen and oxygen atoms in total. The van der Waals surface area contributed by atoms with E-state index >= 15 is 0 Å². The number of amides is 1. The lowest BCUT2D eigenvalue weighted by Crippen LogP contribution is -2.49. The van der Waals surface area contributed by atoms with Gasteiger partial charge in [0, 0.05) is 35.7 Å². The third kappa shape index (κ3) is 8.53. The van der Waals surface area contributed by atoms with Crippen LogP contribution in [0.25, 0.3) is 0 Å². The molecule has 2 N–H and O–H groups in total. The molecular weight excluding hydrogens is 684 g/mol. The number of nitrogens with zero attached hydrogens (tertiary/aromatic N) is 1. The summed E-state index contributed by atoms with van der Waals surface area (Å²) in [5.41, 5.74) is 3.25. The van der Waals surface area contributed by atoms with Gasteiger partial charge >= 0.3 is 0 Å². The SMILES string of the molecule is C=CC[C@H](C)[C@@H](CC[C@H]1CCO1)S(=O)(=O)NC(=O)c1ccc2c(c1)N(C[C@@H]1CC[C@H]1[C@@H](O)/C=C/CCC)C[C@@]1(CCCc3cc(Cl)ccc31)CO2. The summed E-state index contributed by atoms with van der Waals surface area (Å²) in [5, 5.41) is 11.1. The van der Waals surface area contributed by atoms with Crippen LogP contribution in [-0.4, -0.2) is 63.2 Å². The fourth-order valence-electron chi connectivity index (χ4n) is 8.64. The van der Waals surface area contributed by atoms with E-state index in [9.17, 15) is 18.3 Å². The molecule has 278 valence electrons. The Morgan fingerprint density at radius 3 is 2.75 bits per heavy atom. The molecule has 2 aliphatic heterocycles. The lowest BCUT2D eigenvalue weighted by Gasteiger charge is -2.45. The Morgan fingerprint density at radius 2 is 2.04 bits per heavy atom. The number of unbranched alkanes of at least 4 members (excludes halogenated alkanes) is 1. The summed E-state index contributed by atoms with van der Waals surface area (Å²) < 4.78 is 42.2. The fraction of sp³-hybridized carbons (Fsp3) is 0.585. The van der Waals surface area contributed by atoms with Gasteiger partial charge in [-0.1, -0.05) is 56.2 Å². The highest BCUT2D eigenvalue weighted by Crippen LogP contribution is 2.46. The molecule has 0 aromatic heterocycles. The predicted octanol–water partition coefficient (Wildman–Crippen LogP) is 7.77. The minimum absolute atomic E-state index is 0.0741. The van der Waals surface area contributed by atoms with Gasteiger partial charge in [-0.25, -0.2) is 13.1 Å². The number of ether oxygens (including phenoxy) is 2. The molecule has 2 aliphatic carbocycles. The van der Waals surface area contributed by atoms with Crippen LogP contribution >= 0.6 is 11.6 Å². The Balaban J connectivity index is 1.29. The highest BCUT2D eigenvalue weighted by atomic mass is 35.5. The van der Waals surface area contributed by atoms with Crippen molar-refractivity contribution in [2.45, 2.75) is 107 Å². The summed E-state index contributed by atoms with van der Waals surface area (Å²) in [5.74, 6) is 0.214. The van der Waals surface area contributed by atoms with Crippen molar-refractivity contribution >= 4 is 33.2 Å². The largest absolute Gasteiger partial charge is 0.490 e. The van der Waals surface area contributed by atoms with Gasteiger partial charge in [-0.3, -0.25) is 4.79 Å². The lowest BCUT2D eigenvalue weighted by molar-refractivity contribution is -0.0557. The van der Waals surface area contributed by atoms with Crippen molar-refractivity contribution in [1.82, 2.24) is 4.72 Å². The Kier molecular flexibility index (Phi) is 12.2. The zero-order chi connectivity index (χ0) is 36.2. The predicted molar refractivity (Wildman–Crippen MR) is 204 cm³/mol. The van der Waals surface area contributed by atoms with Crippen LogP contribution in [0.5, 0.6) is 5.75 Å². The summed E-state index contributed by atoms with van der Waals surface area (Å²) in [4.78, 5) is 16.2. The number of rotatable bonds is 15. The zero-order valence-corrected chi connectivity index (χ0v) is 31.8.